The molecule has 26 heavy (non-hydrogen) atoms. The Kier molecular flexibility index (Phi) is 7.07. The lowest BCUT2D eigenvalue weighted by molar-refractivity contribution is -0.125. The van der Waals surface area contributed by atoms with Crippen LogP contribution in [-0.4, -0.2) is 43.8 Å². The van der Waals surface area contributed by atoms with E-state index in [2.05, 4.69) is 5.32 Å². The van der Waals surface area contributed by atoms with Crippen LogP contribution in [0.4, 0.5) is 0 Å². The van der Waals surface area contributed by atoms with Crippen LogP contribution in [0, 0.1) is 12.8 Å². The molecule has 1 aromatic carbocycles. The molecule has 2 unspecified atom stereocenters. The lowest BCUT2D eigenvalue weighted by Gasteiger charge is -2.32. The molecule has 3 N–H and O–H groups in total. The van der Waals surface area contributed by atoms with Crippen molar-refractivity contribution in [1.82, 2.24) is 9.62 Å². The summed E-state index contributed by atoms with van der Waals surface area (Å²) < 4.78 is 26.9. The van der Waals surface area contributed by atoms with E-state index in [0.29, 0.717) is 30.8 Å². The number of amides is 1. The third kappa shape index (κ3) is 4.76. The fraction of sp³-hybridized carbons (Fsp3) is 0.611. The van der Waals surface area contributed by atoms with Gasteiger partial charge in [-0.3, -0.25) is 4.79 Å². The van der Waals surface area contributed by atoms with E-state index in [1.165, 1.54) is 4.31 Å². The van der Waals surface area contributed by atoms with Gasteiger partial charge >= 0.3 is 0 Å². The van der Waals surface area contributed by atoms with Gasteiger partial charge in [0.1, 0.15) is 0 Å². The maximum atomic E-state index is 12.7. The largest absolute Gasteiger partial charge is 0.353 e. The normalized spacial score (nSPS) is 24.8. The Balaban J connectivity index is 0.00000243. The van der Waals surface area contributed by atoms with Crippen LogP contribution in [0.5, 0.6) is 0 Å². The number of hydrogen-bond donors (Lipinski definition) is 2. The fourth-order valence-electron chi connectivity index (χ4n) is 3.67. The van der Waals surface area contributed by atoms with Gasteiger partial charge in [0.15, 0.2) is 0 Å². The quantitative estimate of drug-likeness (QED) is 0.804. The van der Waals surface area contributed by atoms with E-state index in [1.807, 2.05) is 19.1 Å². The van der Waals surface area contributed by atoms with Crippen molar-refractivity contribution in [2.75, 3.05) is 13.1 Å². The molecule has 1 saturated heterocycles. The minimum atomic E-state index is -3.45. The van der Waals surface area contributed by atoms with Gasteiger partial charge in [-0.2, -0.15) is 4.31 Å². The Morgan fingerprint density at radius 3 is 2.27 bits per heavy atom. The van der Waals surface area contributed by atoms with Crippen LogP contribution in [0.15, 0.2) is 29.2 Å². The summed E-state index contributed by atoms with van der Waals surface area (Å²) in [4.78, 5) is 12.6. The van der Waals surface area contributed by atoms with Crippen LogP contribution in [0.25, 0.3) is 0 Å². The number of carbonyl (C=O) groups is 1. The van der Waals surface area contributed by atoms with Gasteiger partial charge in [-0.1, -0.05) is 17.7 Å². The first-order chi connectivity index (χ1) is 11.9. The maximum Gasteiger partial charge on any atom is 0.243 e. The lowest BCUT2D eigenvalue weighted by Crippen LogP contribution is -2.47. The van der Waals surface area contributed by atoms with Gasteiger partial charge in [0.25, 0.3) is 0 Å². The molecule has 2 aliphatic rings. The van der Waals surface area contributed by atoms with Crippen molar-refractivity contribution in [2.24, 2.45) is 11.7 Å². The first-order valence-electron chi connectivity index (χ1n) is 8.99. The number of sulfonamides is 1. The topological polar surface area (TPSA) is 92.5 Å². The Hall–Kier alpha value is -1.15. The Bertz CT molecular complexity index is 716. The number of rotatable bonds is 4. The number of carbonyl (C=O) groups excluding carboxylic acids is 1. The van der Waals surface area contributed by atoms with Crippen molar-refractivity contribution in [3.05, 3.63) is 29.8 Å². The molecule has 3 rings (SSSR count). The van der Waals surface area contributed by atoms with Crippen molar-refractivity contribution in [1.29, 1.82) is 0 Å². The Labute approximate surface area is 162 Å². The zero-order chi connectivity index (χ0) is 18.0. The van der Waals surface area contributed by atoms with E-state index in [9.17, 15) is 13.2 Å². The fourth-order valence-corrected chi connectivity index (χ4v) is 5.14. The number of nitrogens with two attached hydrogens (primary N) is 1. The van der Waals surface area contributed by atoms with E-state index in [1.54, 1.807) is 12.1 Å². The van der Waals surface area contributed by atoms with E-state index in [0.717, 1.165) is 24.8 Å². The van der Waals surface area contributed by atoms with Gasteiger partial charge in [-0.15, -0.1) is 12.4 Å². The maximum absolute atomic E-state index is 12.7. The number of nitrogens with one attached hydrogen (secondary N) is 1. The summed E-state index contributed by atoms with van der Waals surface area (Å²) in [5.41, 5.74) is 6.91. The summed E-state index contributed by atoms with van der Waals surface area (Å²) in [6.07, 6.45) is 3.82. The monoisotopic (exact) mass is 401 g/mol. The highest BCUT2D eigenvalue weighted by atomic mass is 35.5. The Morgan fingerprint density at radius 1 is 1.12 bits per heavy atom. The standard InChI is InChI=1S/C18H27N3O3S.ClH/c1-13-2-6-17(7-3-13)25(23,24)21-10-8-16(9-11-21)20-18(22)14-4-5-15(19)12-14;/h2-3,6-7,14-16H,4-5,8-12,19H2,1H3,(H,20,22);1H. The third-order valence-corrected chi connectivity index (χ3v) is 7.22. The van der Waals surface area contributed by atoms with Crippen molar-refractivity contribution >= 4 is 28.3 Å². The van der Waals surface area contributed by atoms with Gasteiger partial charge in [0.05, 0.1) is 4.90 Å². The molecule has 1 aromatic rings. The molecule has 0 bridgehead atoms. The molecule has 2 fully saturated rings. The van der Waals surface area contributed by atoms with E-state index in [4.69, 9.17) is 5.73 Å². The average molecular weight is 402 g/mol. The zero-order valence-corrected chi connectivity index (χ0v) is 16.7. The molecule has 0 spiro atoms. The van der Waals surface area contributed by atoms with E-state index in [-0.39, 0.29) is 36.3 Å². The number of halogens is 1. The first kappa shape index (κ1) is 21.2. The number of hydrogen-bond acceptors (Lipinski definition) is 4. The van der Waals surface area contributed by atoms with Crippen LogP contribution in [0.1, 0.15) is 37.7 Å². The van der Waals surface area contributed by atoms with Gasteiger partial charge in [0, 0.05) is 31.1 Å². The second kappa shape index (κ2) is 8.69. The van der Waals surface area contributed by atoms with E-state index < -0.39 is 10.0 Å². The molecule has 0 radical (unpaired) electrons. The first-order valence-corrected chi connectivity index (χ1v) is 10.4. The highest BCUT2D eigenvalue weighted by Crippen LogP contribution is 2.25. The van der Waals surface area contributed by atoms with Gasteiger partial charge in [0.2, 0.25) is 15.9 Å². The summed E-state index contributed by atoms with van der Waals surface area (Å²) in [7, 11) is -3.45. The van der Waals surface area contributed by atoms with Crippen molar-refractivity contribution < 1.29 is 13.2 Å². The molecule has 8 heteroatoms. The van der Waals surface area contributed by atoms with Gasteiger partial charge < -0.3 is 11.1 Å². The molecule has 1 aliphatic heterocycles. The molecular formula is C18H28ClN3O3S. The summed E-state index contributed by atoms with van der Waals surface area (Å²) in [5, 5.41) is 3.08. The molecule has 1 heterocycles. The van der Waals surface area contributed by atoms with Crippen molar-refractivity contribution in [3.63, 3.8) is 0 Å². The van der Waals surface area contributed by atoms with Crippen LogP contribution < -0.4 is 11.1 Å². The van der Waals surface area contributed by atoms with Crippen molar-refractivity contribution in [2.45, 2.75) is 56.0 Å². The zero-order valence-electron chi connectivity index (χ0n) is 15.1. The van der Waals surface area contributed by atoms with Crippen molar-refractivity contribution in [3.8, 4) is 0 Å². The van der Waals surface area contributed by atoms with Crippen LogP contribution >= 0.6 is 12.4 Å². The van der Waals surface area contributed by atoms with Crippen LogP contribution in [0.2, 0.25) is 0 Å². The highest BCUT2D eigenvalue weighted by Gasteiger charge is 2.32. The summed E-state index contributed by atoms with van der Waals surface area (Å²) in [6.45, 7) is 2.80. The average Bonchev–Trinajstić information content (AvgIpc) is 3.02. The lowest BCUT2D eigenvalue weighted by atomic mass is 10.0. The van der Waals surface area contributed by atoms with E-state index >= 15 is 0 Å². The second-order valence-corrected chi connectivity index (χ2v) is 9.21. The summed E-state index contributed by atoms with van der Waals surface area (Å²) >= 11 is 0. The molecule has 0 aromatic heterocycles. The smallest absolute Gasteiger partial charge is 0.243 e. The number of aryl methyl sites for hydroxylation is 1. The number of piperidine rings is 1. The molecule has 1 aliphatic carbocycles. The minimum absolute atomic E-state index is 0. The number of benzene rings is 1. The highest BCUT2D eigenvalue weighted by molar-refractivity contribution is 7.89. The van der Waals surface area contributed by atoms with Crippen LogP contribution in [0.3, 0.4) is 0 Å². The molecular weight excluding hydrogens is 374 g/mol. The summed E-state index contributed by atoms with van der Waals surface area (Å²) in [6, 6.07) is 7.12. The summed E-state index contributed by atoms with van der Waals surface area (Å²) in [5.74, 6) is 0.0945. The minimum Gasteiger partial charge on any atom is -0.353 e. The molecule has 6 nitrogen and oxygen atoms in total. The van der Waals surface area contributed by atoms with Crippen LogP contribution in [-0.2, 0) is 14.8 Å². The molecule has 146 valence electrons. The molecule has 1 saturated carbocycles. The van der Waals surface area contributed by atoms with Gasteiger partial charge in [-0.25, -0.2) is 8.42 Å². The number of nitrogens with zero attached hydrogens (tertiary/aromatic N) is 1. The second-order valence-electron chi connectivity index (χ2n) is 7.27. The predicted molar refractivity (Wildman–Crippen MR) is 104 cm³/mol. The third-order valence-electron chi connectivity index (χ3n) is 5.30. The molecule has 2 atom stereocenters. The van der Waals surface area contributed by atoms with Gasteiger partial charge in [-0.05, 0) is 51.2 Å². The predicted octanol–water partition coefficient (Wildman–Crippen LogP) is 1.81. The molecule has 1 amide bonds. The SMILES string of the molecule is Cc1ccc(S(=O)(=O)N2CCC(NC(=O)C3CCC(N)C3)CC2)cc1.Cl. The Morgan fingerprint density at radius 2 is 1.73 bits per heavy atom.